The first-order valence-corrected chi connectivity index (χ1v) is 9.14. The lowest BCUT2D eigenvalue weighted by Crippen LogP contribution is -2.37. The van der Waals surface area contributed by atoms with E-state index >= 15 is 0 Å². The van der Waals surface area contributed by atoms with Crippen LogP contribution >= 0.6 is 0 Å². The summed E-state index contributed by atoms with van der Waals surface area (Å²) in [5.41, 5.74) is 4.10. The first-order valence-electron chi connectivity index (χ1n) is 9.14. The lowest BCUT2D eigenvalue weighted by atomic mass is 10.0. The predicted octanol–water partition coefficient (Wildman–Crippen LogP) is 2.45. The summed E-state index contributed by atoms with van der Waals surface area (Å²) in [5, 5.41) is 4.69. The Balaban J connectivity index is 1.58. The fraction of sp³-hybridized carbons (Fsp3) is 0.350. The molecule has 0 N–H and O–H groups in total. The smallest absolute Gasteiger partial charge is 0.227 e. The van der Waals surface area contributed by atoms with Gasteiger partial charge in [-0.2, -0.15) is 5.10 Å². The maximum atomic E-state index is 13.4. The van der Waals surface area contributed by atoms with Crippen LogP contribution in [0.3, 0.4) is 0 Å². The van der Waals surface area contributed by atoms with E-state index in [0.717, 1.165) is 17.0 Å². The minimum atomic E-state index is -0.334. The molecule has 3 heterocycles. The third kappa shape index (κ3) is 3.68. The zero-order valence-electron chi connectivity index (χ0n) is 15.6. The van der Waals surface area contributed by atoms with E-state index in [1.54, 1.807) is 30.4 Å². The number of hydrogen-bond donors (Lipinski definition) is 0. The van der Waals surface area contributed by atoms with Crippen molar-refractivity contribution in [1.29, 1.82) is 0 Å². The zero-order valence-corrected chi connectivity index (χ0v) is 15.6. The van der Waals surface area contributed by atoms with Crippen LogP contribution in [0.2, 0.25) is 0 Å². The van der Waals surface area contributed by atoms with E-state index in [4.69, 9.17) is 9.15 Å². The first kappa shape index (κ1) is 18.4. The van der Waals surface area contributed by atoms with Gasteiger partial charge in [0.25, 0.3) is 0 Å². The number of hydrogen-bond acceptors (Lipinski definition) is 5. The first-order chi connectivity index (χ1) is 13.7. The van der Waals surface area contributed by atoms with Crippen LogP contribution in [-0.2, 0) is 35.5 Å². The van der Waals surface area contributed by atoms with Crippen LogP contribution in [0.1, 0.15) is 16.8 Å². The van der Waals surface area contributed by atoms with E-state index in [0.29, 0.717) is 43.9 Å². The maximum absolute atomic E-state index is 13.4. The number of nitrogens with zero attached hydrogens (tertiary/aromatic N) is 4. The van der Waals surface area contributed by atoms with E-state index in [1.807, 2.05) is 4.68 Å². The fourth-order valence-electron chi connectivity index (χ4n) is 3.53. The summed E-state index contributed by atoms with van der Waals surface area (Å²) in [4.78, 5) is 18.8. The van der Waals surface area contributed by atoms with Gasteiger partial charge in [-0.25, -0.2) is 9.37 Å². The summed E-state index contributed by atoms with van der Waals surface area (Å²) in [6.07, 6.45) is 3.78. The van der Waals surface area contributed by atoms with Crippen LogP contribution in [-0.4, -0.2) is 45.8 Å². The van der Waals surface area contributed by atoms with Crippen molar-refractivity contribution in [3.05, 3.63) is 59.6 Å². The topological polar surface area (TPSA) is 73.4 Å². The highest BCUT2D eigenvalue weighted by atomic mass is 19.1. The summed E-state index contributed by atoms with van der Waals surface area (Å²) < 4.78 is 25.6. The van der Waals surface area contributed by atoms with Gasteiger partial charge in [0.05, 0.1) is 19.6 Å². The Morgan fingerprint density at radius 2 is 2.29 bits per heavy atom. The number of ether oxygens (including phenoxy) is 1. The van der Waals surface area contributed by atoms with Gasteiger partial charge in [-0.1, -0.05) is 12.1 Å². The van der Waals surface area contributed by atoms with E-state index < -0.39 is 0 Å². The third-order valence-electron chi connectivity index (χ3n) is 4.91. The third-order valence-corrected chi connectivity index (χ3v) is 4.91. The van der Waals surface area contributed by atoms with Gasteiger partial charge in [-0.05, 0) is 17.7 Å². The molecule has 28 heavy (non-hydrogen) atoms. The molecular weight excluding hydrogens is 363 g/mol. The second-order valence-corrected chi connectivity index (χ2v) is 6.74. The molecule has 0 saturated heterocycles. The number of benzene rings is 1. The molecule has 0 bridgehead atoms. The molecule has 7 nitrogen and oxygen atoms in total. The molecule has 1 aliphatic rings. The summed E-state index contributed by atoms with van der Waals surface area (Å²) in [6.45, 7) is 2.22. The standard InChI is InChI=1S/C20H21FN4O3/c1-27-8-7-25-18-5-6-24(19(26)10-14-3-2-4-15(21)9-14)11-16(18)20(23-25)17-12-28-13-22-17/h2-4,9,12-13H,5-8,10-11H2,1H3. The molecule has 0 spiro atoms. The Morgan fingerprint density at radius 3 is 3.04 bits per heavy atom. The van der Waals surface area contributed by atoms with Crippen molar-refractivity contribution in [2.75, 3.05) is 20.3 Å². The Hall–Kier alpha value is -3.00. The lowest BCUT2D eigenvalue weighted by molar-refractivity contribution is -0.131. The number of carbonyl (C=O) groups is 1. The summed E-state index contributed by atoms with van der Waals surface area (Å²) in [6, 6.07) is 6.16. The van der Waals surface area contributed by atoms with Gasteiger partial charge >= 0.3 is 0 Å². The average Bonchev–Trinajstić information content (AvgIpc) is 3.34. The number of methoxy groups -OCH3 is 1. The molecule has 1 aliphatic heterocycles. The molecular formula is C20H21FN4O3. The van der Waals surface area contributed by atoms with E-state index in [1.165, 1.54) is 18.5 Å². The van der Waals surface area contributed by atoms with Gasteiger partial charge < -0.3 is 14.1 Å². The molecule has 8 heteroatoms. The number of amides is 1. The van der Waals surface area contributed by atoms with Crippen molar-refractivity contribution >= 4 is 5.91 Å². The molecule has 0 saturated carbocycles. The van der Waals surface area contributed by atoms with Crippen molar-refractivity contribution in [3.63, 3.8) is 0 Å². The van der Waals surface area contributed by atoms with Gasteiger partial charge in [0, 0.05) is 37.9 Å². The number of halogens is 1. The van der Waals surface area contributed by atoms with Crippen molar-refractivity contribution in [2.24, 2.45) is 0 Å². The SMILES string of the molecule is COCCn1nc(-c2cocn2)c2c1CCN(C(=O)Cc1cccc(F)c1)C2. The number of fused-ring (bicyclic) bond motifs is 1. The fourth-order valence-corrected chi connectivity index (χ4v) is 3.53. The largest absolute Gasteiger partial charge is 0.451 e. The molecule has 4 rings (SSSR count). The highest BCUT2D eigenvalue weighted by Crippen LogP contribution is 2.29. The number of carbonyl (C=O) groups excluding carboxylic acids is 1. The van der Waals surface area contributed by atoms with Crippen LogP contribution in [0.15, 0.2) is 41.3 Å². The lowest BCUT2D eigenvalue weighted by Gasteiger charge is -2.28. The quantitative estimate of drug-likeness (QED) is 0.653. The molecule has 3 aromatic rings. The number of oxazole rings is 1. The summed E-state index contributed by atoms with van der Waals surface area (Å²) >= 11 is 0. The molecule has 0 unspecified atom stereocenters. The summed E-state index contributed by atoms with van der Waals surface area (Å²) in [5.74, 6) is -0.369. The predicted molar refractivity (Wildman–Crippen MR) is 98.8 cm³/mol. The molecule has 2 aromatic heterocycles. The van der Waals surface area contributed by atoms with Crippen molar-refractivity contribution < 1.29 is 18.3 Å². The van der Waals surface area contributed by atoms with E-state index in [2.05, 4.69) is 10.1 Å². The van der Waals surface area contributed by atoms with Crippen molar-refractivity contribution in [2.45, 2.75) is 25.9 Å². The molecule has 0 fully saturated rings. The van der Waals surface area contributed by atoms with E-state index in [9.17, 15) is 9.18 Å². The van der Waals surface area contributed by atoms with Gasteiger partial charge in [0.15, 0.2) is 6.39 Å². The second-order valence-electron chi connectivity index (χ2n) is 6.74. The number of aromatic nitrogens is 3. The van der Waals surface area contributed by atoms with Crippen LogP contribution in [0.5, 0.6) is 0 Å². The Morgan fingerprint density at radius 1 is 1.39 bits per heavy atom. The van der Waals surface area contributed by atoms with Gasteiger partial charge in [-0.15, -0.1) is 0 Å². The minimum absolute atomic E-state index is 0.0352. The molecule has 1 amide bonds. The Labute approximate surface area is 161 Å². The Bertz CT molecular complexity index is 968. The second kappa shape index (κ2) is 7.93. The van der Waals surface area contributed by atoms with Crippen LogP contribution in [0.25, 0.3) is 11.4 Å². The zero-order chi connectivity index (χ0) is 19.5. The van der Waals surface area contributed by atoms with Crippen LogP contribution in [0, 0.1) is 5.82 Å². The van der Waals surface area contributed by atoms with Crippen molar-refractivity contribution in [3.8, 4) is 11.4 Å². The van der Waals surface area contributed by atoms with E-state index in [-0.39, 0.29) is 18.1 Å². The Kier molecular flexibility index (Phi) is 5.21. The monoisotopic (exact) mass is 384 g/mol. The highest BCUT2D eigenvalue weighted by Gasteiger charge is 2.28. The van der Waals surface area contributed by atoms with Gasteiger partial charge in [-0.3, -0.25) is 9.48 Å². The molecule has 146 valence electrons. The van der Waals surface area contributed by atoms with Crippen LogP contribution in [0.4, 0.5) is 4.39 Å². The molecule has 1 aromatic carbocycles. The molecule has 0 atom stereocenters. The highest BCUT2D eigenvalue weighted by molar-refractivity contribution is 5.79. The summed E-state index contributed by atoms with van der Waals surface area (Å²) in [7, 11) is 1.65. The molecule has 0 aliphatic carbocycles. The minimum Gasteiger partial charge on any atom is -0.451 e. The average molecular weight is 384 g/mol. The number of rotatable bonds is 6. The van der Waals surface area contributed by atoms with Crippen LogP contribution < -0.4 is 0 Å². The van der Waals surface area contributed by atoms with Gasteiger partial charge in [0.1, 0.15) is 23.5 Å². The normalized spacial score (nSPS) is 13.6. The maximum Gasteiger partial charge on any atom is 0.227 e. The van der Waals surface area contributed by atoms with Gasteiger partial charge in [0.2, 0.25) is 5.91 Å². The molecule has 0 radical (unpaired) electrons. The van der Waals surface area contributed by atoms with Crippen molar-refractivity contribution in [1.82, 2.24) is 19.7 Å².